The lowest BCUT2D eigenvalue weighted by atomic mass is 10.4. The second kappa shape index (κ2) is 4.36. The summed E-state index contributed by atoms with van der Waals surface area (Å²) in [5, 5.41) is 6.19. The molecule has 0 fully saturated rings. The zero-order chi connectivity index (χ0) is 7.28. The molecule has 0 heterocycles. The van der Waals surface area contributed by atoms with Crippen molar-refractivity contribution in [2.45, 2.75) is 33.7 Å². The van der Waals surface area contributed by atoms with Crippen LogP contribution >= 0.6 is 0 Å². The van der Waals surface area contributed by atoms with Crippen LogP contribution in [0.2, 0.25) is 0 Å². The van der Waals surface area contributed by atoms with Crippen molar-refractivity contribution in [1.29, 1.82) is 0 Å². The van der Waals surface area contributed by atoms with Crippen LogP contribution in [0.4, 0.5) is 0 Å². The van der Waals surface area contributed by atoms with Gasteiger partial charge in [0.2, 0.25) is 0 Å². The molecule has 0 aromatic rings. The number of rotatable bonds is 3. The van der Waals surface area contributed by atoms with Gasteiger partial charge in [0.1, 0.15) is 0 Å². The molecule has 0 N–H and O–H groups in total. The standard InChI is InChI=1S/C7H16N2/c1-5-8-9(6-2)7(3)4/h5,7H,6H2,1-4H3/b8-5+. The average molecular weight is 128 g/mol. The molecule has 0 radical (unpaired) electrons. The summed E-state index contributed by atoms with van der Waals surface area (Å²) in [5.41, 5.74) is 0. The van der Waals surface area contributed by atoms with Gasteiger partial charge in [-0.15, -0.1) is 0 Å². The van der Waals surface area contributed by atoms with E-state index in [4.69, 9.17) is 0 Å². The van der Waals surface area contributed by atoms with Crippen molar-refractivity contribution in [3.8, 4) is 0 Å². The summed E-state index contributed by atoms with van der Waals surface area (Å²) in [5.74, 6) is 0. The van der Waals surface area contributed by atoms with Crippen LogP contribution in [0, 0.1) is 0 Å². The molecule has 2 nitrogen and oxygen atoms in total. The molecule has 0 amide bonds. The second-order valence-corrected chi connectivity index (χ2v) is 2.22. The van der Waals surface area contributed by atoms with Crippen LogP contribution in [-0.2, 0) is 0 Å². The van der Waals surface area contributed by atoms with E-state index in [2.05, 4.69) is 25.9 Å². The van der Waals surface area contributed by atoms with Crippen molar-refractivity contribution in [3.05, 3.63) is 0 Å². The maximum atomic E-state index is 4.15. The molecule has 0 aliphatic heterocycles. The number of nitrogens with zero attached hydrogens (tertiary/aromatic N) is 2. The lowest BCUT2D eigenvalue weighted by Crippen LogP contribution is -2.24. The molecule has 0 rings (SSSR count). The third kappa shape index (κ3) is 3.12. The van der Waals surface area contributed by atoms with Gasteiger partial charge in [-0.05, 0) is 27.7 Å². The highest BCUT2D eigenvalue weighted by Gasteiger charge is 1.99. The van der Waals surface area contributed by atoms with Crippen molar-refractivity contribution in [2.75, 3.05) is 6.54 Å². The number of hydrazone groups is 1. The summed E-state index contributed by atoms with van der Waals surface area (Å²) in [6, 6.07) is 0.520. The molecular formula is C7H16N2. The lowest BCUT2D eigenvalue weighted by molar-refractivity contribution is 0.247. The fraction of sp³-hybridized carbons (Fsp3) is 0.857. The Morgan fingerprint density at radius 2 is 2.11 bits per heavy atom. The van der Waals surface area contributed by atoms with Crippen molar-refractivity contribution < 1.29 is 0 Å². The normalized spacial score (nSPS) is 11.2. The minimum atomic E-state index is 0.520. The summed E-state index contributed by atoms with van der Waals surface area (Å²) in [6.45, 7) is 9.30. The number of hydrogen-bond donors (Lipinski definition) is 0. The first-order valence-electron chi connectivity index (χ1n) is 3.47. The molecule has 0 unspecified atom stereocenters. The van der Waals surface area contributed by atoms with E-state index in [9.17, 15) is 0 Å². The van der Waals surface area contributed by atoms with Gasteiger partial charge in [0.05, 0.1) is 0 Å². The highest BCUT2D eigenvalue weighted by molar-refractivity contribution is 5.52. The van der Waals surface area contributed by atoms with Gasteiger partial charge >= 0.3 is 0 Å². The predicted octanol–water partition coefficient (Wildman–Crippen LogP) is 1.72. The van der Waals surface area contributed by atoms with Crippen LogP contribution < -0.4 is 0 Å². The summed E-state index contributed by atoms with van der Waals surface area (Å²) in [7, 11) is 0. The summed E-state index contributed by atoms with van der Waals surface area (Å²) in [4.78, 5) is 0. The fourth-order valence-electron chi connectivity index (χ4n) is 0.728. The first-order valence-corrected chi connectivity index (χ1v) is 3.47. The van der Waals surface area contributed by atoms with Gasteiger partial charge in [0.15, 0.2) is 0 Å². The van der Waals surface area contributed by atoms with Gasteiger partial charge in [-0.25, -0.2) is 0 Å². The van der Waals surface area contributed by atoms with E-state index in [-0.39, 0.29) is 0 Å². The first-order chi connectivity index (χ1) is 4.22. The van der Waals surface area contributed by atoms with E-state index in [1.165, 1.54) is 0 Å². The fourth-order valence-corrected chi connectivity index (χ4v) is 0.728. The van der Waals surface area contributed by atoms with Crippen molar-refractivity contribution >= 4 is 6.21 Å². The first kappa shape index (κ1) is 8.47. The van der Waals surface area contributed by atoms with Crippen molar-refractivity contribution in [2.24, 2.45) is 5.10 Å². The molecule has 54 valence electrons. The SMILES string of the molecule is C/C=N/N(CC)C(C)C. The third-order valence-corrected chi connectivity index (χ3v) is 1.18. The van der Waals surface area contributed by atoms with E-state index in [0.717, 1.165) is 6.54 Å². The zero-order valence-corrected chi connectivity index (χ0v) is 6.76. The Kier molecular flexibility index (Phi) is 4.10. The molecule has 0 spiro atoms. The van der Waals surface area contributed by atoms with E-state index in [1.54, 1.807) is 0 Å². The van der Waals surface area contributed by atoms with E-state index in [0.29, 0.717) is 6.04 Å². The minimum Gasteiger partial charge on any atom is -0.295 e. The highest BCUT2D eigenvalue weighted by Crippen LogP contribution is 1.95. The molecule has 0 saturated heterocycles. The van der Waals surface area contributed by atoms with Crippen LogP contribution in [-0.4, -0.2) is 23.8 Å². The summed E-state index contributed by atoms with van der Waals surface area (Å²) in [6.07, 6.45) is 1.82. The van der Waals surface area contributed by atoms with Crippen molar-refractivity contribution in [1.82, 2.24) is 5.01 Å². The largest absolute Gasteiger partial charge is 0.295 e. The van der Waals surface area contributed by atoms with Gasteiger partial charge in [0.25, 0.3) is 0 Å². The Bertz CT molecular complexity index is 86.9. The topological polar surface area (TPSA) is 15.6 Å². The smallest absolute Gasteiger partial charge is 0.0414 e. The molecule has 0 atom stereocenters. The maximum absolute atomic E-state index is 4.15. The van der Waals surface area contributed by atoms with Crippen LogP contribution in [0.3, 0.4) is 0 Å². The maximum Gasteiger partial charge on any atom is 0.0414 e. The second-order valence-electron chi connectivity index (χ2n) is 2.22. The van der Waals surface area contributed by atoms with Gasteiger partial charge in [-0.2, -0.15) is 5.10 Å². The average Bonchev–Trinajstić information content (AvgIpc) is 1.82. The van der Waals surface area contributed by atoms with E-state index in [1.807, 2.05) is 18.1 Å². The Hall–Kier alpha value is -0.530. The third-order valence-electron chi connectivity index (χ3n) is 1.18. The molecule has 0 aliphatic rings. The van der Waals surface area contributed by atoms with Crippen molar-refractivity contribution in [3.63, 3.8) is 0 Å². The van der Waals surface area contributed by atoms with Crippen LogP contribution in [0.1, 0.15) is 27.7 Å². The molecule has 0 aromatic carbocycles. The van der Waals surface area contributed by atoms with Gasteiger partial charge < -0.3 is 0 Å². The van der Waals surface area contributed by atoms with E-state index < -0.39 is 0 Å². The zero-order valence-electron chi connectivity index (χ0n) is 6.76. The molecule has 0 aliphatic carbocycles. The molecule has 0 saturated carbocycles. The Morgan fingerprint density at radius 3 is 2.22 bits per heavy atom. The quantitative estimate of drug-likeness (QED) is 0.417. The van der Waals surface area contributed by atoms with Crippen LogP contribution in [0.25, 0.3) is 0 Å². The summed E-state index contributed by atoms with van der Waals surface area (Å²) >= 11 is 0. The molecule has 2 heteroatoms. The predicted molar refractivity (Wildman–Crippen MR) is 41.7 cm³/mol. The molecule has 0 bridgehead atoms. The monoisotopic (exact) mass is 128 g/mol. The lowest BCUT2D eigenvalue weighted by Gasteiger charge is -2.20. The highest BCUT2D eigenvalue weighted by atomic mass is 15.5. The van der Waals surface area contributed by atoms with Gasteiger partial charge in [-0.1, -0.05) is 0 Å². The molecular weight excluding hydrogens is 112 g/mol. The molecule has 0 aromatic heterocycles. The Morgan fingerprint density at radius 1 is 1.56 bits per heavy atom. The van der Waals surface area contributed by atoms with Crippen LogP contribution in [0.15, 0.2) is 5.10 Å². The van der Waals surface area contributed by atoms with Gasteiger partial charge in [0, 0.05) is 18.8 Å². The van der Waals surface area contributed by atoms with Crippen LogP contribution in [0.5, 0.6) is 0 Å². The number of hydrogen-bond acceptors (Lipinski definition) is 2. The molecule has 9 heavy (non-hydrogen) atoms. The summed E-state index contributed by atoms with van der Waals surface area (Å²) < 4.78 is 0. The minimum absolute atomic E-state index is 0.520. The Labute approximate surface area is 57.6 Å². The Balaban J connectivity index is 3.68. The van der Waals surface area contributed by atoms with Gasteiger partial charge in [-0.3, -0.25) is 5.01 Å². The van der Waals surface area contributed by atoms with E-state index >= 15 is 0 Å².